The number of rotatable bonds is 2. The van der Waals surface area contributed by atoms with Gasteiger partial charge in [-0.3, -0.25) is 0 Å². The van der Waals surface area contributed by atoms with E-state index in [1.807, 2.05) is 23.9 Å². The second kappa shape index (κ2) is 4.34. The fourth-order valence-electron chi connectivity index (χ4n) is 1.48. The van der Waals surface area contributed by atoms with Crippen LogP contribution < -0.4 is 5.32 Å². The van der Waals surface area contributed by atoms with Crippen LogP contribution in [0.5, 0.6) is 0 Å². The van der Waals surface area contributed by atoms with Gasteiger partial charge in [-0.15, -0.1) is 0 Å². The van der Waals surface area contributed by atoms with E-state index in [-0.39, 0.29) is 0 Å². The summed E-state index contributed by atoms with van der Waals surface area (Å²) >= 11 is 1.95. The molecular formula is C10H11N3S. The molecular weight excluding hydrogens is 194 g/mol. The van der Waals surface area contributed by atoms with E-state index < -0.39 is 0 Å². The smallest absolute Gasteiger partial charge is 0.163 e. The predicted molar refractivity (Wildman–Crippen MR) is 58.3 cm³/mol. The van der Waals surface area contributed by atoms with E-state index in [9.17, 15) is 0 Å². The molecule has 0 amide bonds. The summed E-state index contributed by atoms with van der Waals surface area (Å²) < 4.78 is 0. The van der Waals surface area contributed by atoms with Crippen molar-refractivity contribution in [2.24, 2.45) is 0 Å². The van der Waals surface area contributed by atoms with Gasteiger partial charge in [0.2, 0.25) is 0 Å². The number of thioether (sulfide) groups is 1. The van der Waals surface area contributed by atoms with E-state index in [1.165, 1.54) is 12.2 Å². The summed E-state index contributed by atoms with van der Waals surface area (Å²) in [7, 11) is 0. The van der Waals surface area contributed by atoms with Crippen molar-refractivity contribution in [1.82, 2.24) is 4.98 Å². The molecule has 0 bridgehead atoms. The van der Waals surface area contributed by atoms with Crippen LogP contribution in [0.15, 0.2) is 18.3 Å². The molecule has 2 rings (SSSR count). The van der Waals surface area contributed by atoms with Gasteiger partial charge in [0.25, 0.3) is 0 Å². The van der Waals surface area contributed by atoms with E-state index in [1.54, 1.807) is 6.20 Å². The average molecular weight is 205 g/mol. The van der Waals surface area contributed by atoms with E-state index >= 15 is 0 Å². The van der Waals surface area contributed by atoms with Crippen LogP contribution in [-0.2, 0) is 0 Å². The highest BCUT2D eigenvalue weighted by Crippen LogP contribution is 2.22. The number of aromatic nitrogens is 1. The van der Waals surface area contributed by atoms with Gasteiger partial charge < -0.3 is 5.32 Å². The molecule has 0 radical (unpaired) electrons. The molecule has 2 heterocycles. The third-order valence-electron chi connectivity index (χ3n) is 2.20. The highest BCUT2D eigenvalue weighted by molar-refractivity contribution is 7.99. The number of nitrogens with zero attached hydrogens (tertiary/aromatic N) is 2. The van der Waals surface area contributed by atoms with Crippen LogP contribution >= 0.6 is 11.8 Å². The van der Waals surface area contributed by atoms with E-state index in [0.717, 1.165) is 11.4 Å². The van der Waals surface area contributed by atoms with Crippen molar-refractivity contribution in [3.05, 3.63) is 24.0 Å². The predicted octanol–water partition coefficient (Wildman–Crippen LogP) is 1.87. The number of hydrogen-bond donors (Lipinski definition) is 1. The quantitative estimate of drug-likeness (QED) is 0.800. The average Bonchev–Trinajstić information content (AvgIpc) is 2.71. The summed E-state index contributed by atoms with van der Waals surface area (Å²) in [6.07, 6.45) is 2.82. The highest BCUT2D eigenvalue weighted by Gasteiger charge is 2.16. The maximum absolute atomic E-state index is 8.83. The first kappa shape index (κ1) is 9.35. The second-order valence-corrected chi connectivity index (χ2v) is 4.37. The van der Waals surface area contributed by atoms with E-state index in [0.29, 0.717) is 11.7 Å². The molecule has 0 aromatic carbocycles. The molecule has 1 unspecified atom stereocenters. The first-order chi connectivity index (χ1) is 6.90. The molecule has 0 aliphatic carbocycles. The van der Waals surface area contributed by atoms with Gasteiger partial charge in [-0.25, -0.2) is 4.98 Å². The van der Waals surface area contributed by atoms with Crippen molar-refractivity contribution < 1.29 is 0 Å². The molecule has 1 fully saturated rings. The van der Waals surface area contributed by atoms with Crippen LogP contribution in [0, 0.1) is 11.3 Å². The van der Waals surface area contributed by atoms with Gasteiger partial charge in [-0.2, -0.15) is 17.0 Å². The van der Waals surface area contributed by atoms with Crippen LogP contribution in [0.3, 0.4) is 0 Å². The van der Waals surface area contributed by atoms with Crippen LogP contribution in [0.2, 0.25) is 0 Å². The van der Waals surface area contributed by atoms with Crippen LogP contribution in [0.1, 0.15) is 12.1 Å². The van der Waals surface area contributed by atoms with Crippen molar-refractivity contribution in [2.75, 3.05) is 16.8 Å². The summed E-state index contributed by atoms with van der Waals surface area (Å²) in [6.45, 7) is 0. The zero-order valence-electron chi connectivity index (χ0n) is 7.73. The molecule has 72 valence electrons. The topological polar surface area (TPSA) is 48.7 Å². The van der Waals surface area contributed by atoms with Crippen molar-refractivity contribution in [2.45, 2.75) is 12.5 Å². The van der Waals surface area contributed by atoms with Gasteiger partial charge in [0, 0.05) is 18.0 Å². The standard InChI is InChI=1S/C10H11N3S/c11-6-10-9(2-1-4-12-10)13-8-3-5-14-7-8/h1-2,4,8,13H,3,5,7H2. The molecule has 4 heteroatoms. The first-order valence-electron chi connectivity index (χ1n) is 4.59. The van der Waals surface area contributed by atoms with E-state index in [2.05, 4.69) is 16.4 Å². The molecule has 0 spiro atoms. The Morgan fingerprint density at radius 2 is 2.57 bits per heavy atom. The lowest BCUT2D eigenvalue weighted by Gasteiger charge is -2.12. The summed E-state index contributed by atoms with van der Waals surface area (Å²) in [5.41, 5.74) is 1.35. The molecule has 0 saturated carbocycles. The largest absolute Gasteiger partial charge is 0.379 e. The second-order valence-electron chi connectivity index (χ2n) is 3.22. The third kappa shape index (κ3) is 1.99. The number of pyridine rings is 1. The first-order valence-corrected chi connectivity index (χ1v) is 5.75. The number of nitrogens with one attached hydrogen (secondary N) is 1. The van der Waals surface area contributed by atoms with Gasteiger partial charge >= 0.3 is 0 Å². The van der Waals surface area contributed by atoms with Crippen LogP contribution in [0.25, 0.3) is 0 Å². The summed E-state index contributed by atoms with van der Waals surface area (Å²) in [5, 5.41) is 12.2. The van der Waals surface area contributed by atoms with Crippen molar-refractivity contribution >= 4 is 17.4 Å². The Hall–Kier alpha value is -1.21. The highest BCUT2D eigenvalue weighted by atomic mass is 32.2. The monoisotopic (exact) mass is 205 g/mol. The SMILES string of the molecule is N#Cc1ncccc1NC1CCSC1. The molecule has 1 aliphatic heterocycles. The molecule has 14 heavy (non-hydrogen) atoms. The van der Waals surface area contributed by atoms with Gasteiger partial charge in [0.1, 0.15) is 6.07 Å². The minimum atomic E-state index is 0.490. The molecule has 1 saturated heterocycles. The molecule has 1 aliphatic rings. The minimum Gasteiger partial charge on any atom is -0.379 e. The molecule has 1 N–H and O–H groups in total. The number of nitriles is 1. The Labute approximate surface area is 87.5 Å². The van der Waals surface area contributed by atoms with E-state index in [4.69, 9.17) is 5.26 Å². The van der Waals surface area contributed by atoms with Crippen molar-refractivity contribution in [3.8, 4) is 6.07 Å². The zero-order chi connectivity index (χ0) is 9.80. The maximum atomic E-state index is 8.83. The minimum absolute atomic E-state index is 0.490. The fraction of sp³-hybridized carbons (Fsp3) is 0.400. The van der Waals surface area contributed by atoms with Gasteiger partial charge in [-0.05, 0) is 24.3 Å². The number of anilines is 1. The Bertz CT molecular complexity index is 353. The lowest BCUT2D eigenvalue weighted by atomic mass is 10.2. The summed E-state index contributed by atoms with van der Waals surface area (Å²) in [4.78, 5) is 4.01. The zero-order valence-corrected chi connectivity index (χ0v) is 8.55. The van der Waals surface area contributed by atoms with Crippen molar-refractivity contribution in [3.63, 3.8) is 0 Å². The van der Waals surface area contributed by atoms with Gasteiger partial charge in [-0.1, -0.05) is 0 Å². The van der Waals surface area contributed by atoms with Gasteiger partial charge in [0.05, 0.1) is 5.69 Å². The Morgan fingerprint density at radius 1 is 1.64 bits per heavy atom. The third-order valence-corrected chi connectivity index (χ3v) is 3.37. The molecule has 3 nitrogen and oxygen atoms in total. The normalized spacial score (nSPS) is 20.4. The Kier molecular flexibility index (Phi) is 2.90. The summed E-state index contributed by atoms with van der Waals surface area (Å²) in [6, 6.07) is 6.35. The van der Waals surface area contributed by atoms with Crippen LogP contribution in [-0.4, -0.2) is 22.5 Å². The van der Waals surface area contributed by atoms with Crippen molar-refractivity contribution in [1.29, 1.82) is 5.26 Å². The molecule has 1 aromatic rings. The summed E-state index contributed by atoms with van der Waals surface area (Å²) in [5.74, 6) is 2.33. The lowest BCUT2D eigenvalue weighted by molar-refractivity contribution is 0.811. The molecule has 1 atom stereocenters. The fourth-order valence-corrected chi connectivity index (χ4v) is 2.63. The maximum Gasteiger partial charge on any atom is 0.163 e. The van der Waals surface area contributed by atoms with Gasteiger partial charge in [0.15, 0.2) is 5.69 Å². The lowest BCUT2D eigenvalue weighted by Crippen LogP contribution is -2.18. The Balaban J connectivity index is 2.11. The van der Waals surface area contributed by atoms with Crippen LogP contribution in [0.4, 0.5) is 5.69 Å². The number of hydrogen-bond acceptors (Lipinski definition) is 4. The Morgan fingerprint density at radius 3 is 3.29 bits per heavy atom. The molecule has 1 aromatic heterocycles.